The number of carbonyl (C=O) groups is 1. The lowest BCUT2D eigenvalue weighted by Crippen LogP contribution is -2.45. The van der Waals surface area contributed by atoms with Crippen LogP contribution in [0.15, 0.2) is 12.3 Å². The van der Waals surface area contributed by atoms with Gasteiger partial charge in [-0.25, -0.2) is 0 Å². The van der Waals surface area contributed by atoms with E-state index in [0.717, 1.165) is 25.1 Å². The van der Waals surface area contributed by atoms with Gasteiger partial charge in [0.2, 0.25) is 0 Å². The van der Waals surface area contributed by atoms with Crippen LogP contribution in [-0.2, 0) is 18.3 Å². The van der Waals surface area contributed by atoms with Gasteiger partial charge >= 0.3 is 0 Å². The predicted octanol–water partition coefficient (Wildman–Crippen LogP) is 0.674. The van der Waals surface area contributed by atoms with E-state index in [2.05, 4.69) is 10.4 Å². The maximum Gasteiger partial charge on any atom is 0.158 e. The molecule has 1 saturated heterocycles. The second-order valence-electron chi connectivity index (χ2n) is 4.44. The SMILES string of the molecule is Cn1ccc(CC(=O)C2(C)CCCN2)n1. The lowest BCUT2D eigenvalue weighted by Gasteiger charge is -2.21. The molecular weight excluding hydrogens is 190 g/mol. The number of rotatable bonds is 3. The molecule has 1 aromatic heterocycles. The first-order valence-electron chi connectivity index (χ1n) is 5.37. The van der Waals surface area contributed by atoms with Gasteiger partial charge in [0, 0.05) is 13.2 Å². The second kappa shape index (κ2) is 3.77. The van der Waals surface area contributed by atoms with Crippen molar-refractivity contribution in [2.75, 3.05) is 6.54 Å². The molecule has 4 nitrogen and oxygen atoms in total. The van der Waals surface area contributed by atoms with Crippen molar-refractivity contribution in [3.8, 4) is 0 Å². The van der Waals surface area contributed by atoms with Crippen LogP contribution in [0.2, 0.25) is 0 Å². The number of aryl methyl sites for hydroxylation is 1. The second-order valence-corrected chi connectivity index (χ2v) is 4.44. The van der Waals surface area contributed by atoms with Gasteiger partial charge in [-0.1, -0.05) is 0 Å². The van der Waals surface area contributed by atoms with Crippen molar-refractivity contribution in [2.45, 2.75) is 31.7 Å². The maximum atomic E-state index is 12.0. The number of hydrogen-bond donors (Lipinski definition) is 1. The van der Waals surface area contributed by atoms with Crippen molar-refractivity contribution in [1.82, 2.24) is 15.1 Å². The number of hydrogen-bond acceptors (Lipinski definition) is 3. The van der Waals surface area contributed by atoms with Crippen LogP contribution in [0.1, 0.15) is 25.5 Å². The number of ketones is 1. The highest BCUT2D eigenvalue weighted by molar-refractivity contribution is 5.89. The van der Waals surface area contributed by atoms with Gasteiger partial charge in [-0.2, -0.15) is 5.10 Å². The molecule has 15 heavy (non-hydrogen) atoms. The maximum absolute atomic E-state index is 12.0. The number of carbonyl (C=O) groups excluding carboxylic acids is 1. The first-order valence-corrected chi connectivity index (χ1v) is 5.37. The molecule has 1 unspecified atom stereocenters. The number of nitrogens with one attached hydrogen (secondary N) is 1. The van der Waals surface area contributed by atoms with Crippen LogP contribution < -0.4 is 5.32 Å². The molecule has 0 spiro atoms. The standard InChI is InChI=1S/C11H17N3O/c1-11(5-3-6-12-11)10(15)8-9-4-7-14(2)13-9/h4,7,12H,3,5-6,8H2,1-2H3. The highest BCUT2D eigenvalue weighted by atomic mass is 16.1. The van der Waals surface area contributed by atoms with E-state index in [1.165, 1.54) is 0 Å². The molecule has 0 amide bonds. The summed E-state index contributed by atoms with van der Waals surface area (Å²) in [5.74, 6) is 0.249. The van der Waals surface area contributed by atoms with Gasteiger partial charge in [0.1, 0.15) is 0 Å². The summed E-state index contributed by atoms with van der Waals surface area (Å²) in [4.78, 5) is 12.0. The summed E-state index contributed by atoms with van der Waals surface area (Å²) in [6, 6.07) is 1.90. The van der Waals surface area contributed by atoms with Gasteiger partial charge in [0.05, 0.1) is 17.7 Å². The average Bonchev–Trinajstić information content (AvgIpc) is 2.76. The van der Waals surface area contributed by atoms with Crippen LogP contribution in [0.3, 0.4) is 0 Å². The summed E-state index contributed by atoms with van der Waals surface area (Å²) in [6.07, 6.45) is 4.33. The van der Waals surface area contributed by atoms with E-state index in [1.807, 2.05) is 26.2 Å². The lowest BCUT2D eigenvalue weighted by atomic mass is 9.92. The van der Waals surface area contributed by atoms with Crippen molar-refractivity contribution in [1.29, 1.82) is 0 Å². The zero-order chi connectivity index (χ0) is 10.9. The Morgan fingerprint density at radius 1 is 1.73 bits per heavy atom. The van der Waals surface area contributed by atoms with Crippen molar-refractivity contribution in [2.24, 2.45) is 7.05 Å². The zero-order valence-electron chi connectivity index (χ0n) is 9.29. The van der Waals surface area contributed by atoms with E-state index < -0.39 is 0 Å². The Bertz CT molecular complexity index is 364. The minimum absolute atomic E-state index is 0.249. The summed E-state index contributed by atoms with van der Waals surface area (Å²) in [7, 11) is 1.86. The molecule has 1 aromatic rings. The molecule has 0 radical (unpaired) electrons. The molecule has 2 rings (SSSR count). The predicted molar refractivity (Wildman–Crippen MR) is 57.6 cm³/mol. The molecule has 1 N–H and O–H groups in total. The van der Waals surface area contributed by atoms with Crippen molar-refractivity contribution in [3.63, 3.8) is 0 Å². The molecule has 0 aliphatic carbocycles. The fourth-order valence-electron chi connectivity index (χ4n) is 2.05. The van der Waals surface area contributed by atoms with E-state index >= 15 is 0 Å². The third kappa shape index (κ3) is 2.09. The number of nitrogens with zero attached hydrogens (tertiary/aromatic N) is 2. The van der Waals surface area contributed by atoms with E-state index in [9.17, 15) is 4.79 Å². The highest BCUT2D eigenvalue weighted by Crippen LogP contribution is 2.20. The van der Waals surface area contributed by atoms with Gasteiger partial charge in [-0.15, -0.1) is 0 Å². The summed E-state index contributed by atoms with van der Waals surface area (Å²) < 4.78 is 1.73. The van der Waals surface area contributed by atoms with Crippen LogP contribution in [0.4, 0.5) is 0 Å². The number of aromatic nitrogens is 2. The molecule has 82 valence electrons. The summed E-state index contributed by atoms with van der Waals surface area (Å²) in [6.45, 7) is 2.94. The smallest absolute Gasteiger partial charge is 0.158 e. The van der Waals surface area contributed by atoms with Gasteiger partial charge in [-0.3, -0.25) is 9.48 Å². The topological polar surface area (TPSA) is 46.9 Å². The summed E-state index contributed by atoms with van der Waals surface area (Å²) >= 11 is 0. The Balaban J connectivity index is 2.03. The fourth-order valence-corrected chi connectivity index (χ4v) is 2.05. The van der Waals surface area contributed by atoms with E-state index in [4.69, 9.17) is 0 Å². The van der Waals surface area contributed by atoms with Crippen LogP contribution >= 0.6 is 0 Å². The van der Waals surface area contributed by atoms with E-state index in [1.54, 1.807) is 4.68 Å². The molecule has 1 atom stereocenters. The quantitative estimate of drug-likeness (QED) is 0.792. The van der Waals surface area contributed by atoms with Crippen molar-refractivity contribution >= 4 is 5.78 Å². The zero-order valence-corrected chi connectivity index (χ0v) is 9.29. The fraction of sp³-hybridized carbons (Fsp3) is 0.636. The molecule has 0 saturated carbocycles. The Kier molecular flexibility index (Phi) is 2.61. The van der Waals surface area contributed by atoms with Crippen LogP contribution in [0, 0.1) is 0 Å². The van der Waals surface area contributed by atoms with E-state index in [-0.39, 0.29) is 11.3 Å². The molecule has 0 bridgehead atoms. The minimum Gasteiger partial charge on any atom is -0.305 e. The van der Waals surface area contributed by atoms with Crippen molar-refractivity contribution in [3.05, 3.63) is 18.0 Å². The Labute approximate surface area is 89.7 Å². The first kappa shape index (κ1) is 10.4. The third-order valence-electron chi connectivity index (χ3n) is 3.09. The monoisotopic (exact) mass is 207 g/mol. The van der Waals surface area contributed by atoms with Crippen LogP contribution in [0.5, 0.6) is 0 Å². The molecule has 2 heterocycles. The highest BCUT2D eigenvalue weighted by Gasteiger charge is 2.35. The Morgan fingerprint density at radius 2 is 2.53 bits per heavy atom. The molecule has 1 aliphatic rings. The minimum atomic E-state index is -0.322. The largest absolute Gasteiger partial charge is 0.305 e. The molecule has 4 heteroatoms. The van der Waals surface area contributed by atoms with Gasteiger partial charge in [0.25, 0.3) is 0 Å². The van der Waals surface area contributed by atoms with Gasteiger partial charge in [0.15, 0.2) is 5.78 Å². The Hall–Kier alpha value is -1.16. The van der Waals surface area contributed by atoms with Crippen LogP contribution in [0.25, 0.3) is 0 Å². The number of Topliss-reactive ketones (excluding diaryl/α,β-unsaturated/α-hetero) is 1. The van der Waals surface area contributed by atoms with E-state index in [0.29, 0.717) is 6.42 Å². The summed E-state index contributed by atoms with van der Waals surface area (Å²) in [5, 5.41) is 7.50. The van der Waals surface area contributed by atoms with Gasteiger partial charge < -0.3 is 5.32 Å². The lowest BCUT2D eigenvalue weighted by molar-refractivity contribution is -0.123. The molecular formula is C11H17N3O. The average molecular weight is 207 g/mol. The van der Waals surface area contributed by atoms with Gasteiger partial charge in [-0.05, 0) is 32.4 Å². The molecule has 1 aliphatic heterocycles. The Morgan fingerprint density at radius 3 is 3.07 bits per heavy atom. The van der Waals surface area contributed by atoms with Crippen molar-refractivity contribution < 1.29 is 4.79 Å². The summed E-state index contributed by atoms with van der Waals surface area (Å²) in [5.41, 5.74) is 0.537. The molecule has 0 aromatic carbocycles. The normalized spacial score (nSPS) is 25.7. The third-order valence-corrected chi connectivity index (χ3v) is 3.09. The first-order chi connectivity index (χ1) is 7.10. The molecule has 1 fully saturated rings. The van der Waals surface area contributed by atoms with Crippen LogP contribution in [-0.4, -0.2) is 27.6 Å².